The largest absolute Gasteiger partial charge is 0.461 e. The molecule has 1 aromatic heterocycles. The van der Waals surface area contributed by atoms with Crippen molar-refractivity contribution in [2.75, 3.05) is 13.2 Å². The second kappa shape index (κ2) is 5.74. The minimum atomic E-state index is -0.362. The van der Waals surface area contributed by atoms with E-state index in [0.717, 1.165) is 25.1 Å². The predicted molar refractivity (Wildman–Crippen MR) is 80.4 cm³/mol. The molecule has 2 aliphatic rings. The Hall–Kier alpha value is -1.85. The molecule has 6 heteroatoms. The monoisotopic (exact) mass is 305 g/mol. The zero-order valence-corrected chi connectivity index (χ0v) is 13.4. The first kappa shape index (κ1) is 15.1. The van der Waals surface area contributed by atoms with Crippen molar-refractivity contribution in [2.24, 2.45) is 13.0 Å². The molecule has 1 aliphatic carbocycles. The first-order valence-corrected chi connectivity index (χ1v) is 7.96. The molecular formula is C16H23N3O3. The minimum absolute atomic E-state index is 0.120. The number of carbonyl (C=O) groups excluding carboxylic acids is 2. The molecular weight excluding hydrogens is 282 g/mol. The molecule has 0 radical (unpaired) electrons. The number of nitrogens with zero attached hydrogens (tertiary/aromatic N) is 3. The molecule has 0 bridgehead atoms. The van der Waals surface area contributed by atoms with Crippen LogP contribution in [0.2, 0.25) is 0 Å². The van der Waals surface area contributed by atoms with Gasteiger partial charge in [0.2, 0.25) is 5.91 Å². The molecule has 1 aromatic rings. The van der Waals surface area contributed by atoms with E-state index in [0.29, 0.717) is 24.8 Å². The lowest BCUT2D eigenvalue weighted by atomic mass is 10.1. The summed E-state index contributed by atoms with van der Waals surface area (Å²) in [5.74, 6) is 0.229. The number of amides is 1. The van der Waals surface area contributed by atoms with Crippen molar-refractivity contribution in [2.45, 2.75) is 45.1 Å². The highest BCUT2D eigenvalue weighted by Gasteiger charge is 2.39. The summed E-state index contributed by atoms with van der Waals surface area (Å²) in [6.07, 6.45) is 2.73. The van der Waals surface area contributed by atoms with Crippen molar-refractivity contribution in [1.29, 1.82) is 0 Å². The van der Waals surface area contributed by atoms with E-state index in [1.165, 1.54) is 0 Å². The van der Waals surface area contributed by atoms with E-state index in [2.05, 4.69) is 5.10 Å². The summed E-state index contributed by atoms with van der Waals surface area (Å²) in [5.41, 5.74) is 1.34. The summed E-state index contributed by atoms with van der Waals surface area (Å²) in [5, 5.41) is 4.32. The number of hydrogen-bond acceptors (Lipinski definition) is 4. The summed E-state index contributed by atoms with van der Waals surface area (Å²) in [6.45, 7) is 5.09. The lowest BCUT2D eigenvalue weighted by molar-refractivity contribution is -0.128. The van der Waals surface area contributed by atoms with Gasteiger partial charge in [-0.25, -0.2) is 4.79 Å². The molecule has 6 nitrogen and oxygen atoms in total. The molecule has 0 spiro atoms. The van der Waals surface area contributed by atoms with Crippen molar-refractivity contribution in [3.63, 3.8) is 0 Å². The smallest absolute Gasteiger partial charge is 0.356 e. The van der Waals surface area contributed by atoms with E-state index >= 15 is 0 Å². The van der Waals surface area contributed by atoms with Gasteiger partial charge in [-0.3, -0.25) is 9.48 Å². The summed E-state index contributed by atoms with van der Waals surface area (Å²) < 4.78 is 6.97. The number of esters is 1. The van der Waals surface area contributed by atoms with E-state index in [9.17, 15) is 9.59 Å². The molecule has 0 N–H and O–H groups in total. The molecule has 0 unspecified atom stereocenters. The van der Waals surface area contributed by atoms with Crippen LogP contribution in [0.25, 0.3) is 0 Å². The van der Waals surface area contributed by atoms with Gasteiger partial charge >= 0.3 is 5.97 Å². The molecule has 3 rings (SSSR count). The second-order valence-corrected chi connectivity index (χ2v) is 6.68. The van der Waals surface area contributed by atoms with Gasteiger partial charge in [0.1, 0.15) is 5.69 Å². The van der Waals surface area contributed by atoms with E-state index < -0.39 is 0 Å². The number of hydrogen-bond donors (Lipinski definition) is 0. The molecule has 1 saturated carbocycles. The topological polar surface area (TPSA) is 64.4 Å². The lowest BCUT2D eigenvalue weighted by Crippen LogP contribution is -2.28. The standard InChI is InChI=1S/C16H23N3O3/c1-10(2)13-7-14(18(3)17-13)16(21)22-9-11-6-15(20)19(8-11)12-4-5-12/h7,10-12H,4-6,8-9H2,1-3H3/t11-/m0/s1. The van der Waals surface area contributed by atoms with Crippen LogP contribution in [0.3, 0.4) is 0 Å². The Labute approximate surface area is 130 Å². The number of rotatable bonds is 5. The van der Waals surface area contributed by atoms with Crippen LogP contribution in [-0.2, 0) is 16.6 Å². The average Bonchev–Trinajstić information content (AvgIpc) is 3.13. The van der Waals surface area contributed by atoms with Crippen LogP contribution >= 0.6 is 0 Å². The Balaban J connectivity index is 1.55. The van der Waals surface area contributed by atoms with Gasteiger partial charge < -0.3 is 9.64 Å². The number of aryl methyl sites for hydroxylation is 1. The maximum absolute atomic E-state index is 12.2. The number of ether oxygens (including phenoxy) is 1. The van der Waals surface area contributed by atoms with Crippen LogP contribution in [0.4, 0.5) is 0 Å². The quantitative estimate of drug-likeness (QED) is 0.777. The van der Waals surface area contributed by atoms with E-state index in [-0.39, 0.29) is 23.7 Å². The third-order valence-electron chi connectivity index (χ3n) is 4.38. The van der Waals surface area contributed by atoms with Crippen molar-refractivity contribution in [3.05, 3.63) is 17.5 Å². The fraction of sp³-hybridized carbons (Fsp3) is 0.688. The Morgan fingerprint density at radius 1 is 1.45 bits per heavy atom. The second-order valence-electron chi connectivity index (χ2n) is 6.68. The Morgan fingerprint density at radius 2 is 2.18 bits per heavy atom. The maximum Gasteiger partial charge on any atom is 0.356 e. The van der Waals surface area contributed by atoms with Gasteiger partial charge in [0.15, 0.2) is 0 Å². The number of carbonyl (C=O) groups is 2. The summed E-state index contributed by atoms with van der Waals surface area (Å²) in [7, 11) is 1.75. The molecule has 0 aromatic carbocycles. The van der Waals surface area contributed by atoms with E-state index in [4.69, 9.17) is 4.74 Å². The number of likely N-dealkylation sites (tertiary alicyclic amines) is 1. The van der Waals surface area contributed by atoms with Gasteiger partial charge in [-0.1, -0.05) is 13.8 Å². The molecule has 120 valence electrons. The van der Waals surface area contributed by atoms with E-state index in [1.807, 2.05) is 18.7 Å². The summed E-state index contributed by atoms with van der Waals surface area (Å²) >= 11 is 0. The maximum atomic E-state index is 12.2. The third-order valence-corrected chi connectivity index (χ3v) is 4.38. The molecule has 1 aliphatic heterocycles. The van der Waals surface area contributed by atoms with Crippen LogP contribution in [0.15, 0.2) is 6.07 Å². The van der Waals surface area contributed by atoms with Crippen LogP contribution in [0, 0.1) is 5.92 Å². The summed E-state index contributed by atoms with van der Waals surface area (Å²) in [6, 6.07) is 2.22. The van der Waals surface area contributed by atoms with E-state index in [1.54, 1.807) is 17.8 Å². The predicted octanol–water partition coefficient (Wildman–Crippen LogP) is 1.71. The minimum Gasteiger partial charge on any atom is -0.461 e. The molecule has 1 atom stereocenters. The molecule has 22 heavy (non-hydrogen) atoms. The Bertz CT molecular complexity index is 589. The van der Waals surface area contributed by atoms with Gasteiger partial charge in [0.25, 0.3) is 0 Å². The normalized spacial score (nSPS) is 21.7. The molecule has 1 amide bonds. The lowest BCUT2D eigenvalue weighted by Gasteiger charge is -2.15. The molecule has 1 saturated heterocycles. The van der Waals surface area contributed by atoms with Gasteiger partial charge in [-0.15, -0.1) is 0 Å². The highest BCUT2D eigenvalue weighted by Crippen LogP contribution is 2.32. The van der Waals surface area contributed by atoms with Crippen LogP contribution in [-0.4, -0.2) is 45.8 Å². The Morgan fingerprint density at radius 3 is 2.77 bits per heavy atom. The van der Waals surface area contributed by atoms with Crippen molar-refractivity contribution >= 4 is 11.9 Å². The average molecular weight is 305 g/mol. The summed E-state index contributed by atoms with van der Waals surface area (Å²) in [4.78, 5) is 26.0. The third kappa shape index (κ3) is 3.00. The zero-order valence-electron chi connectivity index (χ0n) is 13.4. The van der Waals surface area contributed by atoms with Gasteiger partial charge in [-0.2, -0.15) is 5.10 Å². The molecule has 2 fully saturated rings. The Kier molecular flexibility index (Phi) is 3.93. The SMILES string of the molecule is CC(C)c1cc(C(=O)OC[C@H]2CC(=O)N(C3CC3)C2)n(C)n1. The number of aromatic nitrogens is 2. The first-order valence-electron chi connectivity index (χ1n) is 7.96. The van der Waals surface area contributed by atoms with Gasteiger partial charge in [-0.05, 0) is 24.8 Å². The van der Waals surface area contributed by atoms with Crippen molar-refractivity contribution in [1.82, 2.24) is 14.7 Å². The van der Waals surface area contributed by atoms with Crippen LogP contribution in [0.5, 0.6) is 0 Å². The van der Waals surface area contributed by atoms with Crippen LogP contribution in [0.1, 0.15) is 55.2 Å². The molecule has 2 heterocycles. The zero-order chi connectivity index (χ0) is 15.9. The van der Waals surface area contributed by atoms with Gasteiger partial charge in [0.05, 0.1) is 12.3 Å². The highest BCUT2D eigenvalue weighted by atomic mass is 16.5. The van der Waals surface area contributed by atoms with Crippen molar-refractivity contribution < 1.29 is 14.3 Å². The van der Waals surface area contributed by atoms with Crippen LogP contribution < -0.4 is 0 Å². The van der Waals surface area contributed by atoms with Gasteiger partial charge in [0, 0.05) is 32.0 Å². The first-order chi connectivity index (χ1) is 10.5. The fourth-order valence-electron chi connectivity index (χ4n) is 2.89. The fourth-order valence-corrected chi connectivity index (χ4v) is 2.89. The van der Waals surface area contributed by atoms with Crippen molar-refractivity contribution in [3.8, 4) is 0 Å². The highest BCUT2D eigenvalue weighted by molar-refractivity contribution is 5.87.